The van der Waals surface area contributed by atoms with E-state index in [1.807, 2.05) is 19.1 Å². The molecule has 0 radical (unpaired) electrons. The highest BCUT2D eigenvalue weighted by Gasteiger charge is 2.13. The van der Waals surface area contributed by atoms with E-state index in [-0.39, 0.29) is 5.56 Å². The second kappa shape index (κ2) is 5.26. The van der Waals surface area contributed by atoms with Gasteiger partial charge in [0.1, 0.15) is 5.82 Å². The first kappa shape index (κ1) is 13.7. The molecule has 1 N–H and O–H groups in total. The number of halogens is 1. The summed E-state index contributed by atoms with van der Waals surface area (Å²) >= 11 is 1.56. The minimum absolute atomic E-state index is 0.0515. The van der Waals surface area contributed by atoms with Crippen LogP contribution in [0.1, 0.15) is 20.9 Å². The monoisotopic (exact) mass is 300 g/mol. The van der Waals surface area contributed by atoms with E-state index in [0.717, 1.165) is 15.2 Å². The maximum Gasteiger partial charge on any atom is 0.258 e. The molecule has 3 rings (SSSR count). The fraction of sp³-hybridized carbons (Fsp3) is 0.125. The van der Waals surface area contributed by atoms with Gasteiger partial charge in [0, 0.05) is 5.69 Å². The van der Waals surface area contributed by atoms with Gasteiger partial charge in [-0.15, -0.1) is 11.3 Å². The van der Waals surface area contributed by atoms with Crippen molar-refractivity contribution in [1.82, 2.24) is 4.98 Å². The fourth-order valence-electron chi connectivity index (χ4n) is 2.14. The Morgan fingerprint density at radius 3 is 2.86 bits per heavy atom. The Morgan fingerprint density at radius 2 is 2.05 bits per heavy atom. The maximum atomic E-state index is 13.9. The van der Waals surface area contributed by atoms with Crippen LogP contribution in [0.2, 0.25) is 0 Å². The lowest BCUT2D eigenvalue weighted by molar-refractivity contribution is 0.102. The van der Waals surface area contributed by atoms with Gasteiger partial charge in [0.25, 0.3) is 5.91 Å². The number of hydrogen-bond acceptors (Lipinski definition) is 3. The molecule has 1 heterocycles. The zero-order valence-corrected chi connectivity index (χ0v) is 12.4. The van der Waals surface area contributed by atoms with Crippen molar-refractivity contribution in [2.24, 2.45) is 0 Å². The van der Waals surface area contributed by atoms with E-state index in [9.17, 15) is 9.18 Å². The second-order valence-electron chi connectivity index (χ2n) is 4.81. The van der Waals surface area contributed by atoms with E-state index in [2.05, 4.69) is 10.3 Å². The van der Waals surface area contributed by atoms with Gasteiger partial charge in [-0.2, -0.15) is 0 Å². The van der Waals surface area contributed by atoms with Crippen LogP contribution in [0.3, 0.4) is 0 Å². The predicted octanol–water partition coefficient (Wildman–Crippen LogP) is 4.30. The molecule has 0 aliphatic heterocycles. The minimum atomic E-state index is -0.482. The molecule has 5 heteroatoms. The fourth-order valence-corrected chi connectivity index (χ4v) is 3.01. The lowest BCUT2D eigenvalue weighted by atomic mass is 10.1. The lowest BCUT2D eigenvalue weighted by Crippen LogP contribution is -2.14. The Bertz CT molecular complexity index is 841. The van der Waals surface area contributed by atoms with Crippen molar-refractivity contribution in [2.75, 3.05) is 5.32 Å². The van der Waals surface area contributed by atoms with E-state index in [0.29, 0.717) is 11.3 Å². The second-order valence-corrected chi connectivity index (χ2v) is 6.04. The summed E-state index contributed by atoms with van der Waals surface area (Å²) in [6, 6.07) is 10.3. The molecule has 0 spiro atoms. The maximum absolute atomic E-state index is 13.9. The van der Waals surface area contributed by atoms with Crippen molar-refractivity contribution in [3.05, 3.63) is 58.3 Å². The highest BCUT2D eigenvalue weighted by atomic mass is 32.1. The van der Waals surface area contributed by atoms with Crippen LogP contribution in [0.4, 0.5) is 10.1 Å². The molecule has 21 heavy (non-hydrogen) atoms. The summed E-state index contributed by atoms with van der Waals surface area (Å²) in [5, 5.41) is 3.70. The molecule has 0 saturated heterocycles. The zero-order chi connectivity index (χ0) is 15.0. The molecule has 3 aromatic rings. The van der Waals surface area contributed by atoms with Gasteiger partial charge in [-0.25, -0.2) is 9.37 Å². The topological polar surface area (TPSA) is 42.0 Å². The normalized spacial score (nSPS) is 10.8. The van der Waals surface area contributed by atoms with Crippen molar-refractivity contribution in [2.45, 2.75) is 13.8 Å². The van der Waals surface area contributed by atoms with Crippen molar-refractivity contribution >= 4 is 33.1 Å². The Labute approximate surface area is 125 Å². The van der Waals surface area contributed by atoms with Crippen LogP contribution >= 0.6 is 11.3 Å². The molecule has 0 unspecified atom stereocenters. The van der Waals surface area contributed by atoms with E-state index < -0.39 is 11.7 Å². The molecule has 1 amide bonds. The van der Waals surface area contributed by atoms with E-state index >= 15 is 0 Å². The number of thiazole rings is 1. The van der Waals surface area contributed by atoms with Crippen LogP contribution in [0.15, 0.2) is 36.4 Å². The quantitative estimate of drug-likeness (QED) is 0.766. The summed E-state index contributed by atoms with van der Waals surface area (Å²) in [6.07, 6.45) is 0. The number of carbonyl (C=O) groups excluding carboxylic acids is 1. The smallest absolute Gasteiger partial charge is 0.258 e. The number of hydrogen-bond donors (Lipinski definition) is 1. The minimum Gasteiger partial charge on any atom is -0.322 e. The highest BCUT2D eigenvalue weighted by Crippen LogP contribution is 2.25. The van der Waals surface area contributed by atoms with Crippen molar-refractivity contribution in [1.29, 1.82) is 0 Å². The molecule has 0 saturated carbocycles. The molecular formula is C16H13FN2OS. The van der Waals surface area contributed by atoms with Crippen molar-refractivity contribution < 1.29 is 9.18 Å². The number of aryl methyl sites for hydroxylation is 2. The largest absolute Gasteiger partial charge is 0.322 e. The molecule has 3 nitrogen and oxygen atoms in total. The first-order valence-electron chi connectivity index (χ1n) is 6.48. The SMILES string of the molecule is Cc1nc2ccc(NC(=O)c3cccc(C)c3F)cc2s1. The number of aromatic nitrogens is 1. The summed E-state index contributed by atoms with van der Waals surface area (Å²) in [5.74, 6) is -0.929. The van der Waals surface area contributed by atoms with Crippen LogP contribution in [0.5, 0.6) is 0 Å². The average molecular weight is 300 g/mol. The Morgan fingerprint density at radius 1 is 1.24 bits per heavy atom. The number of amides is 1. The highest BCUT2D eigenvalue weighted by molar-refractivity contribution is 7.18. The van der Waals surface area contributed by atoms with Gasteiger partial charge < -0.3 is 5.32 Å². The molecule has 0 aliphatic carbocycles. The van der Waals surface area contributed by atoms with Gasteiger partial charge in [0.05, 0.1) is 20.8 Å². The number of carbonyl (C=O) groups is 1. The van der Waals surface area contributed by atoms with Crippen LogP contribution in [-0.4, -0.2) is 10.9 Å². The average Bonchev–Trinajstić information content (AvgIpc) is 2.81. The van der Waals surface area contributed by atoms with E-state index in [1.165, 1.54) is 6.07 Å². The number of nitrogens with one attached hydrogen (secondary N) is 1. The van der Waals surface area contributed by atoms with Gasteiger partial charge in [0.2, 0.25) is 0 Å². The lowest BCUT2D eigenvalue weighted by Gasteiger charge is -2.07. The van der Waals surface area contributed by atoms with Crippen LogP contribution in [-0.2, 0) is 0 Å². The van der Waals surface area contributed by atoms with Gasteiger partial charge >= 0.3 is 0 Å². The third-order valence-corrected chi connectivity index (χ3v) is 4.12. The molecule has 106 valence electrons. The van der Waals surface area contributed by atoms with Crippen molar-refractivity contribution in [3.8, 4) is 0 Å². The number of nitrogens with zero attached hydrogens (tertiary/aromatic N) is 1. The third kappa shape index (κ3) is 2.64. The van der Waals surface area contributed by atoms with Gasteiger partial charge in [0.15, 0.2) is 0 Å². The molecule has 0 aliphatic rings. The van der Waals surface area contributed by atoms with Gasteiger partial charge in [-0.3, -0.25) is 4.79 Å². The van der Waals surface area contributed by atoms with Crippen LogP contribution < -0.4 is 5.32 Å². The third-order valence-electron chi connectivity index (χ3n) is 3.19. The summed E-state index contributed by atoms with van der Waals surface area (Å²) in [6.45, 7) is 3.57. The molecule has 0 fully saturated rings. The molecule has 0 atom stereocenters. The summed E-state index contributed by atoms with van der Waals surface area (Å²) in [7, 11) is 0. The molecule has 0 bridgehead atoms. The number of benzene rings is 2. The summed E-state index contributed by atoms with van der Waals surface area (Å²) in [4.78, 5) is 16.5. The van der Waals surface area contributed by atoms with E-state index in [4.69, 9.17) is 0 Å². The standard InChI is InChI=1S/C16H13FN2OS/c1-9-4-3-5-12(15(9)17)16(20)19-11-6-7-13-14(8-11)21-10(2)18-13/h3-8H,1-2H3,(H,19,20). The van der Waals surface area contributed by atoms with Gasteiger partial charge in [-0.1, -0.05) is 12.1 Å². The summed E-state index contributed by atoms with van der Waals surface area (Å²) in [5.41, 5.74) is 2.04. The number of rotatable bonds is 2. The Balaban J connectivity index is 1.90. The van der Waals surface area contributed by atoms with Crippen LogP contribution in [0.25, 0.3) is 10.2 Å². The molecule has 1 aromatic heterocycles. The van der Waals surface area contributed by atoms with Crippen LogP contribution in [0, 0.1) is 19.7 Å². The first-order chi connectivity index (χ1) is 10.0. The Hall–Kier alpha value is -2.27. The molecular weight excluding hydrogens is 287 g/mol. The van der Waals surface area contributed by atoms with Crippen molar-refractivity contribution in [3.63, 3.8) is 0 Å². The molecule has 2 aromatic carbocycles. The first-order valence-corrected chi connectivity index (χ1v) is 7.30. The summed E-state index contributed by atoms with van der Waals surface area (Å²) < 4.78 is 14.9. The number of anilines is 1. The zero-order valence-electron chi connectivity index (χ0n) is 11.6. The number of fused-ring (bicyclic) bond motifs is 1. The van der Waals surface area contributed by atoms with Gasteiger partial charge in [-0.05, 0) is 43.7 Å². The predicted molar refractivity (Wildman–Crippen MR) is 83.4 cm³/mol. The van der Waals surface area contributed by atoms with E-state index in [1.54, 1.807) is 36.5 Å². The Kier molecular flexibility index (Phi) is 3.43.